The molecule has 2 heterocycles. The summed E-state index contributed by atoms with van der Waals surface area (Å²) in [5.74, 6) is 1.69. The highest BCUT2D eigenvalue weighted by Gasteiger charge is 2.29. The standard InChI is InChI=1S/C27H27BrN2O5/c1-18-24(29-25(34-18)20-6-4-7-21(28)14-20)17-30(16-23-8-5-13-33-23)15-19-9-11-22(12-10-19)35-27(2,3)26(31)32/h4-14H,15-17H2,1-3H3,(H,31,32). The first-order valence-electron chi connectivity index (χ1n) is 11.2. The topological polar surface area (TPSA) is 88.9 Å². The summed E-state index contributed by atoms with van der Waals surface area (Å²) in [6.07, 6.45) is 1.66. The Morgan fingerprint density at radius 3 is 2.51 bits per heavy atom. The third kappa shape index (κ3) is 6.41. The van der Waals surface area contributed by atoms with Gasteiger partial charge in [0.2, 0.25) is 5.89 Å². The molecule has 0 spiro atoms. The Hall–Kier alpha value is -3.36. The number of oxazole rings is 1. The van der Waals surface area contributed by atoms with Gasteiger partial charge in [0.1, 0.15) is 17.3 Å². The van der Waals surface area contributed by atoms with Crippen LogP contribution in [-0.4, -0.2) is 26.6 Å². The van der Waals surface area contributed by atoms with Crippen molar-refractivity contribution in [2.24, 2.45) is 0 Å². The van der Waals surface area contributed by atoms with Gasteiger partial charge in [-0.3, -0.25) is 4.90 Å². The number of ether oxygens (including phenoxy) is 1. The molecular weight excluding hydrogens is 512 g/mol. The molecule has 8 heteroatoms. The van der Waals surface area contributed by atoms with Crippen molar-refractivity contribution in [3.8, 4) is 17.2 Å². The minimum atomic E-state index is -1.30. The Labute approximate surface area is 212 Å². The van der Waals surface area contributed by atoms with Crippen LogP contribution in [0.25, 0.3) is 11.5 Å². The van der Waals surface area contributed by atoms with Gasteiger partial charge in [0.15, 0.2) is 5.60 Å². The molecule has 2 aromatic carbocycles. The van der Waals surface area contributed by atoms with Gasteiger partial charge in [-0.05, 0) is 68.8 Å². The van der Waals surface area contributed by atoms with E-state index in [1.54, 1.807) is 18.4 Å². The predicted molar refractivity (Wildman–Crippen MR) is 135 cm³/mol. The molecule has 0 radical (unpaired) electrons. The van der Waals surface area contributed by atoms with Crippen LogP contribution in [0.2, 0.25) is 0 Å². The number of carboxylic acids is 1. The van der Waals surface area contributed by atoms with E-state index in [1.807, 2.05) is 55.5 Å². The van der Waals surface area contributed by atoms with E-state index in [2.05, 4.69) is 20.8 Å². The number of benzene rings is 2. The van der Waals surface area contributed by atoms with E-state index in [1.165, 1.54) is 13.8 Å². The number of halogens is 1. The second kappa shape index (κ2) is 10.5. The minimum absolute atomic E-state index is 0.504. The molecule has 182 valence electrons. The van der Waals surface area contributed by atoms with Crippen molar-refractivity contribution < 1.29 is 23.5 Å². The first-order chi connectivity index (χ1) is 16.7. The Morgan fingerprint density at radius 1 is 1.09 bits per heavy atom. The smallest absolute Gasteiger partial charge is 0.347 e. The largest absolute Gasteiger partial charge is 0.478 e. The number of carbonyl (C=O) groups is 1. The predicted octanol–water partition coefficient (Wildman–Crippen LogP) is 6.45. The highest BCUT2D eigenvalue weighted by atomic mass is 79.9. The number of aryl methyl sites for hydroxylation is 1. The lowest BCUT2D eigenvalue weighted by Crippen LogP contribution is -2.37. The van der Waals surface area contributed by atoms with E-state index >= 15 is 0 Å². The minimum Gasteiger partial charge on any atom is -0.478 e. The highest BCUT2D eigenvalue weighted by molar-refractivity contribution is 9.10. The van der Waals surface area contributed by atoms with Gasteiger partial charge >= 0.3 is 5.97 Å². The van der Waals surface area contributed by atoms with Gasteiger partial charge in [-0.2, -0.15) is 0 Å². The molecule has 0 bridgehead atoms. The maximum absolute atomic E-state index is 11.3. The number of hydrogen-bond acceptors (Lipinski definition) is 6. The molecule has 0 fully saturated rings. The summed E-state index contributed by atoms with van der Waals surface area (Å²) in [5.41, 5.74) is 1.51. The van der Waals surface area contributed by atoms with Gasteiger partial charge in [-0.1, -0.05) is 34.1 Å². The van der Waals surface area contributed by atoms with Gasteiger partial charge in [0.05, 0.1) is 18.5 Å². The fourth-order valence-corrected chi connectivity index (χ4v) is 3.98. The van der Waals surface area contributed by atoms with Crippen molar-refractivity contribution in [1.82, 2.24) is 9.88 Å². The molecule has 0 aliphatic carbocycles. The van der Waals surface area contributed by atoms with Crippen LogP contribution < -0.4 is 4.74 Å². The third-order valence-electron chi connectivity index (χ3n) is 5.51. The van der Waals surface area contributed by atoms with Crippen LogP contribution >= 0.6 is 15.9 Å². The van der Waals surface area contributed by atoms with Crippen LogP contribution in [0.15, 0.2) is 80.2 Å². The van der Waals surface area contributed by atoms with Crippen LogP contribution in [-0.2, 0) is 24.4 Å². The third-order valence-corrected chi connectivity index (χ3v) is 6.01. The number of hydrogen-bond donors (Lipinski definition) is 1. The quantitative estimate of drug-likeness (QED) is 0.248. The normalized spacial score (nSPS) is 11.7. The van der Waals surface area contributed by atoms with Crippen molar-refractivity contribution in [2.45, 2.75) is 46.0 Å². The lowest BCUT2D eigenvalue weighted by atomic mass is 10.1. The van der Waals surface area contributed by atoms with Crippen molar-refractivity contribution in [1.29, 1.82) is 0 Å². The number of aromatic nitrogens is 1. The van der Waals surface area contributed by atoms with Crippen LogP contribution in [0.5, 0.6) is 5.75 Å². The van der Waals surface area contributed by atoms with Gasteiger partial charge in [-0.25, -0.2) is 9.78 Å². The summed E-state index contributed by atoms with van der Waals surface area (Å²) in [4.78, 5) is 18.3. The second-order valence-corrected chi connectivity index (χ2v) is 9.73. The Kier molecular flexibility index (Phi) is 7.42. The van der Waals surface area contributed by atoms with Crippen LogP contribution in [0.1, 0.15) is 36.6 Å². The summed E-state index contributed by atoms with van der Waals surface area (Å²) >= 11 is 3.50. The number of rotatable bonds is 10. The van der Waals surface area contributed by atoms with Gasteiger partial charge in [0.25, 0.3) is 0 Å². The first-order valence-corrected chi connectivity index (χ1v) is 12.0. The zero-order valence-corrected chi connectivity index (χ0v) is 21.4. The average Bonchev–Trinajstić information content (AvgIpc) is 3.45. The monoisotopic (exact) mass is 538 g/mol. The molecule has 7 nitrogen and oxygen atoms in total. The highest BCUT2D eigenvalue weighted by Crippen LogP contribution is 2.26. The average molecular weight is 539 g/mol. The zero-order chi connectivity index (χ0) is 25.0. The van der Waals surface area contributed by atoms with Crippen LogP contribution in [0.4, 0.5) is 0 Å². The number of carboxylic acid groups (broad SMARTS) is 1. The van der Waals surface area contributed by atoms with Crippen molar-refractivity contribution >= 4 is 21.9 Å². The number of nitrogens with zero attached hydrogens (tertiary/aromatic N) is 2. The number of aliphatic carboxylic acids is 1. The van der Waals surface area contributed by atoms with Crippen molar-refractivity contribution in [3.63, 3.8) is 0 Å². The van der Waals surface area contributed by atoms with E-state index < -0.39 is 11.6 Å². The first kappa shape index (κ1) is 24.8. The van der Waals surface area contributed by atoms with Gasteiger partial charge < -0.3 is 18.7 Å². The molecule has 4 rings (SSSR count). The maximum atomic E-state index is 11.3. The molecule has 0 saturated carbocycles. The fourth-order valence-electron chi connectivity index (χ4n) is 3.58. The lowest BCUT2D eigenvalue weighted by molar-refractivity contribution is -0.152. The van der Waals surface area contributed by atoms with Crippen molar-refractivity contribution in [2.75, 3.05) is 0 Å². The molecule has 0 amide bonds. The van der Waals surface area contributed by atoms with E-state index in [0.717, 1.165) is 32.8 Å². The summed E-state index contributed by atoms with van der Waals surface area (Å²) in [6, 6.07) is 19.1. The van der Waals surface area contributed by atoms with E-state index in [-0.39, 0.29) is 0 Å². The Balaban J connectivity index is 1.52. The number of furan rings is 1. The molecular formula is C27H27BrN2O5. The Bertz CT molecular complexity index is 1280. The second-order valence-electron chi connectivity index (χ2n) is 8.82. The molecule has 0 atom stereocenters. The van der Waals surface area contributed by atoms with Crippen LogP contribution in [0, 0.1) is 6.92 Å². The summed E-state index contributed by atoms with van der Waals surface area (Å²) in [5, 5.41) is 9.29. The molecule has 0 aliphatic rings. The summed E-state index contributed by atoms with van der Waals surface area (Å²) in [7, 11) is 0. The van der Waals surface area contributed by atoms with Gasteiger partial charge in [-0.15, -0.1) is 0 Å². The summed E-state index contributed by atoms with van der Waals surface area (Å²) in [6.45, 7) is 6.76. The lowest BCUT2D eigenvalue weighted by Gasteiger charge is -2.23. The maximum Gasteiger partial charge on any atom is 0.347 e. The van der Waals surface area contributed by atoms with Gasteiger partial charge in [0, 0.05) is 23.1 Å². The van der Waals surface area contributed by atoms with Crippen molar-refractivity contribution in [3.05, 3.63) is 94.2 Å². The summed E-state index contributed by atoms with van der Waals surface area (Å²) < 4.78 is 18.1. The van der Waals surface area contributed by atoms with E-state index in [4.69, 9.17) is 18.6 Å². The molecule has 2 aromatic heterocycles. The molecule has 0 aliphatic heterocycles. The molecule has 4 aromatic rings. The van der Waals surface area contributed by atoms with E-state index in [9.17, 15) is 9.90 Å². The molecule has 1 N–H and O–H groups in total. The molecule has 0 unspecified atom stereocenters. The molecule has 35 heavy (non-hydrogen) atoms. The Morgan fingerprint density at radius 2 is 1.86 bits per heavy atom. The fraction of sp³-hybridized carbons (Fsp3) is 0.259. The SMILES string of the molecule is Cc1oc(-c2cccc(Br)c2)nc1CN(Cc1ccc(OC(C)(C)C(=O)O)cc1)Cc1ccco1. The zero-order valence-electron chi connectivity index (χ0n) is 19.8. The van der Waals surface area contributed by atoms with E-state index in [0.29, 0.717) is 31.3 Å². The molecule has 0 saturated heterocycles. The van der Waals surface area contributed by atoms with Crippen LogP contribution in [0.3, 0.4) is 0 Å².